The number of hydrogen-bond donors (Lipinski definition) is 0. The lowest BCUT2D eigenvalue weighted by Gasteiger charge is -2.22. The van der Waals surface area contributed by atoms with Crippen LogP contribution in [-0.4, -0.2) is 33.2 Å². The van der Waals surface area contributed by atoms with Gasteiger partial charge < -0.3 is 14.4 Å². The quantitative estimate of drug-likeness (QED) is 0.777. The number of anilines is 1. The van der Waals surface area contributed by atoms with Crippen LogP contribution in [0.1, 0.15) is 5.56 Å². The van der Waals surface area contributed by atoms with Gasteiger partial charge in [-0.3, -0.25) is 0 Å². The summed E-state index contributed by atoms with van der Waals surface area (Å²) in [7, 11) is 4.39. The summed E-state index contributed by atoms with van der Waals surface area (Å²) >= 11 is 0. The third-order valence-electron chi connectivity index (χ3n) is 3.32. The molecule has 110 valence electrons. The van der Waals surface area contributed by atoms with Crippen LogP contribution in [0.5, 0.6) is 0 Å². The van der Waals surface area contributed by atoms with Crippen LogP contribution in [0.2, 0.25) is 0 Å². The van der Waals surface area contributed by atoms with E-state index in [0.717, 1.165) is 11.3 Å². The molecule has 0 aromatic heterocycles. The van der Waals surface area contributed by atoms with Gasteiger partial charge in [-0.15, -0.1) is 0 Å². The summed E-state index contributed by atoms with van der Waals surface area (Å²) in [6.07, 6.45) is 3.81. The number of esters is 2. The SMILES string of the molecule is COC(=O)C1=C/Cc2ccccc2N(C)/C=C\1C(=O)OC. The minimum atomic E-state index is -0.571. The zero-order valence-corrected chi connectivity index (χ0v) is 12.3. The van der Waals surface area contributed by atoms with Crippen molar-refractivity contribution in [2.24, 2.45) is 0 Å². The number of carbonyl (C=O) groups excluding carboxylic acids is 2. The van der Waals surface area contributed by atoms with Gasteiger partial charge >= 0.3 is 11.9 Å². The van der Waals surface area contributed by atoms with E-state index in [1.54, 1.807) is 17.2 Å². The topological polar surface area (TPSA) is 55.8 Å². The number of nitrogens with zero attached hydrogens (tertiary/aromatic N) is 1. The highest BCUT2D eigenvalue weighted by Crippen LogP contribution is 2.26. The fraction of sp³-hybridized carbons (Fsp3) is 0.250. The van der Waals surface area contributed by atoms with E-state index >= 15 is 0 Å². The fourth-order valence-corrected chi connectivity index (χ4v) is 2.26. The number of fused-ring (bicyclic) bond motifs is 1. The smallest absolute Gasteiger partial charge is 0.340 e. The van der Waals surface area contributed by atoms with E-state index in [-0.39, 0.29) is 11.1 Å². The molecule has 5 nitrogen and oxygen atoms in total. The Bertz CT molecular complexity index is 631. The molecule has 1 aromatic carbocycles. The largest absolute Gasteiger partial charge is 0.465 e. The van der Waals surface area contributed by atoms with E-state index in [0.29, 0.717) is 6.42 Å². The van der Waals surface area contributed by atoms with Gasteiger partial charge in [0.25, 0.3) is 0 Å². The van der Waals surface area contributed by atoms with Crippen LogP contribution in [0.15, 0.2) is 47.7 Å². The van der Waals surface area contributed by atoms with Crippen molar-refractivity contribution in [3.8, 4) is 0 Å². The Morgan fingerprint density at radius 2 is 1.67 bits per heavy atom. The van der Waals surface area contributed by atoms with Crippen molar-refractivity contribution in [1.82, 2.24) is 0 Å². The maximum Gasteiger partial charge on any atom is 0.340 e. The Hall–Kier alpha value is -2.56. The number of benzene rings is 1. The van der Waals surface area contributed by atoms with Crippen LogP contribution in [0.3, 0.4) is 0 Å². The molecule has 0 saturated carbocycles. The third kappa shape index (κ3) is 2.97. The monoisotopic (exact) mass is 287 g/mol. The van der Waals surface area contributed by atoms with Gasteiger partial charge in [0.15, 0.2) is 0 Å². The minimum absolute atomic E-state index is 0.182. The van der Waals surface area contributed by atoms with Crippen molar-refractivity contribution >= 4 is 17.6 Å². The van der Waals surface area contributed by atoms with Crippen molar-refractivity contribution in [3.63, 3.8) is 0 Å². The second-order valence-electron chi connectivity index (χ2n) is 4.59. The van der Waals surface area contributed by atoms with E-state index in [2.05, 4.69) is 0 Å². The van der Waals surface area contributed by atoms with Gasteiger partial charge in [0.1, 0.15) is 0 Å². The highest BCUT2D eigenvalue weighted by Gasteiger charge is 2.24. The first-order chi connectivity index (χ1) is 10.1. The first-order valence-corrected chi connectivity index (χ1v) is 6.48. The number of para-hydroxylation sites is 1. The van der Waals surface area contributed by atoms with E-state index in [9.17, 15) is 9.59 Å². The molecule has 0 N–H and O–H groups in total. The summed E-state index contributed by atoms with van der Waals surface area (Å²) < 4.78 is 9.52. The van der Waals surface area contributed by atoms with Crippen LogP contribution < -0.4 is 4.90 Å². The maximum atomic E-state index is 12.0. The van der Waals surface area contributed by atoms with E-state index in [1.165, 1.54) is 14.2 Å². The molecule has 0 unspecified atom stereocenters. The summed E-state index contributed by atoms with van der Waals surface area (Å²) in [6, 6.07) is 7.80. The number of allylic oxidation sites excluding steroid dienone is 1. The molecule has 0 bridgehead atoms. The predicted octanol–water partition coefficient (Wildman–Crippen LogP) is 1.84. The van der Waals surface area contributed by atoms with E-state index in [1.807, 2.05) is 31.3 Å². The molecule has 0 saturated heterocycles. The highest BCUT2D eigenvalue weighted by atomic mass is 16.5. The van der Waals surface area contributed by atoms with Crippen molar-refractivity contribution in [1.29, 1.82) is 0 Å². The van der Waals surface area contributed by atoms with Crippen LogP contribution in [0.4, 0.5) is 5.69 Å². The van der Waals surface area contributed by atoms with Crippen LogP contribution >= 0.6 is 0 Å². The van der Waals surface area contributed by atoms with Gasteiger partial charge in [0.05, 0.1) is 25.4 Å². The van der Waals surface area contributed by atoms with Gasteiger partial charge in [-0.05, 0) is 18.1 Å². The fourth-order valence-electron chi connectivity index (χ4n) is 2.26. The molecule has 1 aromatic rings. The predicted molar refractivity (Wildman–Crippen MR) is 78.7 cm³/mol. The Balaban J connectivity index is 2.57. The molecule has 1 aliphatic heterocycles. The standard InChI is InChI=1S/C16H17NO4/c1-17-10-13(16(19)21-3)12(15(18)20-2)9-8-11-6-4-5-7-14(11)17/h4-7,9-10H,8H2,1-3H3/b12-9+,13-10+. The molecular formula is C16H17NO4. The number of hydrogen-bond acceptors (Lipinski definition) is 5. The molecule has 0 amide bonds. The molecule has 21 heavy (non-hydrogen) atoms. The first kappa shape index (κ1) is 14.8. The average Bonchev–Trinajstić information content (AvgIpc) is 2.51. The van der Waals surface area contributed by atoms with Crippen molar-refractivity contribution in [2.45, 2.75) is 6.42 Å². The molecule has 0 spiro atoms. The first-order valence-electron chi connectivity index (χ1n) is 6.48. The van der Waals surface area contributed by atoms with E-state index < -0.39 is 11.9 Å². The molecule has 0 fully saturated rings. The summed E-state index contributed by atoms with van der Waals surface area (Å²) in [5, 5.41) is 0. The van der Waals surface area contributed by atoms with Gasteiger partial charge in [0.2, 0.25) is 0 Å². The number of ether oxygens (including phenoxy) is 2. The van der Waals surface area contributed by atoms with Crippen LogP contribution in [0.25, 0.3) is 0 Å². The highest BCUT2D eigenvalue weighted by molar-refractivity contribution is 6.07. The summed E-state index contributed by atoms with van der Waals surface area (Å²) in [4.78, 5) is 25.7. The Kier molecular flexibility index (Phi) is 4.42. The summed E-state index contributed by atoms with van der Waals surface area (Å²) in [5.74, 6) is -1.13. The molecule has 0 atom stereocenters. The molecular weight excluding hydrogens is 270 g/mol. The van der Waals surface area contributed by atoms with Gasteiger partial charge in [-0.2, -0.15) is 0 Å². The van der Waals surface area contributed by atoms with Crippen molar-refractivity contribution < 1.29 is 19.1 Å². The summed E-state index contributed by atoms with van der Waals surface area (Å²) in [6.45, 7) is 0. The Labute approximate surface area is 123 Å². The average molecular weight is 287 g/mol. The lowest BCUT2D eigenvalue weighted by Crippen LogP contribution is -2.21. The Morgan fingerprint density at radius 1 is 1.05 bits per heavy atom. The minimum Gasteiger partial charge on any atom is -0.465 e. The molecule has 2 rings (SSSR count). The number of methoxy groups -OCH3 is 2. The second-order valence-corrected chi connectivity index (χ2v) is 4.59. The third-order valence-corrected chi connectivity index (χ3v) is 3.32. The lowest BCUT2D eigenvalue weighted by molar-refractivity contribution is -0.139. The summed E-state index contributed by atoms with van der Waals surface area (Å²) in [5.41, 5.74) is 2.42. The molecule has 1 heterocycles. The van der Waals surface area contributed by atoms with E-state index in [4.69, 9.17) is 9.47 Å². The van der Waals surface area contributed by atoms with Gasteiger partial charge in [-0.1, -0.05) is 24.3 Å². The van der Waals surface area contributed by atoms with Gasteiger partial charge in [0, 0.05) is 18.9 Å². The second kappa shape index (κ2) is 6.26. The molecule has 1 aliphatic rings. The Morgan fingerprint density at radius 3 is 2.33 bits per heavy atom. The van der Waals surface area contributed by atoms with Gasteiger partial charge in [-0.25, -0.2) is 9.59 Å². The number of rotatable bonds is 2. The zero-order chi connectivity index (χ0) is 15.4. The maximum absolute atomic E-state index is 12.0. The normalized spacial score (nSPS) is 19.1. The lowest BCUT2D eigenvalue weighted by atomic mass is 10.00. The van der Waals surface area contributed by atoms with Crippen LogP contribution in [0, 0.1) is 0 Å². The molecule has 0 radical (unpaired) electrons. The van der Waals surface area contributed by atoms with Crippen molar-refractivity contribution in [2.75, 3.05) is 26.2 Å². The zero-order valence-electron chi connectivity index (χ0n) is 12.3. The van der Waals surface area contributed by atoms with Crippen molar-refractivity contribution in [3.05, 3.63) is 53.3 Å². The number of carbonyl (C=O) groups is 2. The molecule has 5 heteroatoms. The molecule has 0 aliphatic carbocycles. The van der Waals surface area contributed by atoms with Crippen LogP contribution in [-0.2, 0) is 25.5 Å².